The van der Waals surface area contributed by atoms with Crippen LogP contribution >= 0.6 is 15.9 Å². The standard InChI is InChI=1S/C12H16BrNO/c1-9-6-11(13)2-3-12(9)14-7-10-4-5-15-8-10/h2-3,6,10,14H,4-5,7-8H2,1H3. The highest BCUT2D eigenvalue weighted by Crippen LogP contribution is 2.21. The second-order valence-electron chi connectivity index (χ2n) is 4.07. The second kappa shape index (κ2) is 4.99. The summed E-state index contributed by atoms with van der Waals surface area (Å²) in [5, 5.41) is 3.48. The summed E-state index contributed by atoms with van der Waals surface area (Å²) in [6.45, 7) is 4.97. The number of hydrogen-bond acceptors (Lipinski definition) is 2. The Morgan fingerprint density at radius 1 is 1.53 bits per heavy atom. The number of nitrogens with one attached hydrogen (secondary N) is 1. The van der Waals surface area contributed by atoms with Crippen molar-refractivity contribution in [2.24, 2.45) is 5.92 Å². The molecule has 15 heavy (non-hydrogen) atoms. The zero-order valence-electron chi connectivity index (χ0n) is 8.92. The average molecular weight is 270 g/mol. The van der Waals surface area contributed by atoms with Crippen LogP contribution in [0.5, 0.6) is 0 Å². The normalized spacial score (nSPS) is 20.5. The van der Waals surface area contributed by atoms with E-state index in [2.05, 4.69) is 46.4 Å². The molecule has 82 valence electrons. The molecule has 1 aliphatic heterocycles. The Morgan fingerprint density at radius 3 is 3.07 bits per heavy atom. The zero-order chi connectivity index (χ0) is 10.7. The van der Waals surface area contributed by atoms with Gasteiger partial charge in [-0.25, -0.2) is 0 Å². The molecule has 0 radical (unpaired) electrons. The smallest absolute Gasteiger partial charge is 0.0511 e. The number of rotatable bonds is 3. The fourth-order valence-electron chi connectivity index (χ4n) is 1.82. The lowest BCUT2D eigenvalue weighted by molar-refractivity contribution is 0.187. The lowest BCUT2D eigenvalue weighted by Crippen LogP contribution is -2.14. The monoisotopic (exact) mass is 269 g/mol. The molecule has 1 aromatic carbocycles. The number of anilines is 1. The number of ether oxygens (including phenoxy) is 1. The van der Waals surface area contributed by atoms with Crippen molar-refractivity contribution >= 4 is 21.6 Å². The molecule has 0 bridgehead atoms. The van der Waals surface area contributed by atoms with E-state index < -0.39 is 0 Å². The van der Waals surface area contributed by atoms with E-state index in [0.717, 1.165) is 24.2 Å². The van der Waals surface area contributed by atoms with Crippen molar-refractivity contribution in [1.29, 1.82) is 0 Å². The molecule has 1 fully saturated rings. The molecule has 3 heteroatoms. The topological polar surface area (TPSA) is 21.3 Å². The Morgan fingerprint density at radius 2 is 2.40 bits per heavy atom. The van der Waals surface area contributed by atoms with Gasteiger partial charge in [-0.15, -0.1) is 0 Å². The summed E-state index contributed by atoms with van der Waals surface area (Å²) in [7, 11) is 0. The predicted molar refractivity (Wildman–Crippen MR) is 66.3 cm³/mol. The van der Waals surface area contributed by atoms with Crippen molar-refractivity contribution < 1.29 is 4.74 Å². The van der Waals surface area contributed by atoms with Gasteiger partial charge in [0.2, 0.25) is 0 Å². The number of hydrogen-bond donors (Lipinski definition) is 1. The van der Waals surface area contributed by atoms with Gasteiger partial charge in [0.25, 0.3) is 0 Å². The Kier molecular flexibility index (Phi) is 3.65. The molecule has 0 aliphatic carbocycles. The summed E-state index contributed by atoms with van der Waals surface area (Å²) in [4.78, 5) is 0. The minimum Gasteiger partial charge on any atom is -0.384 e. The SMILES string of the molecule is Cc1cc(Br)ccc1NCC1CCOC1. The van der Waals surface area contributed by atoms with Gasteiger partial charge in [0.1, 0.15) is 0 Å². The minimum absolute atomic E-state index is 0.674. The van der Waals surface area contributed by atoms with E-state index in [4.69, 9.17) is 4.74 Å². The molecule has 2 nitrogen and oxygen atoms in total. The molecule has 0 amide bonds. The maximum absolute atomic E-state index is 5.35. The highest BCUT2D eigenvalue weighted by atomic mass is 79.9. The molecule has 1 heterocycles. The Balaban J connectivity index is 1.92. The van der Waals surface area contributed by atoms with E-state index in [0.29, 0.717) is 5.92 Å². The van der Waals surface area contributed by atoms with Gasteiger partial charge in [0, 0.05) is 29.2 Å². The van der Waals surface area contributed by atoms with Crippen LogP contribution in [0.4, 0.5) is 5.69 Å². The van der Waals surface area contributed by atoms with E-state index in [-0.39, 0.29) is 0 Å². The highest BCUT2D eigenvalue weighted by Gasteiger charge is 2.15. The van der Waals surface area contributed by atoms with Gasteiger partial charge < -0.3 is 10.1 Å². The quantitative estimate of drug-likeness (QED) is 0.910. The number of aryl methyl sites for hydroxylation is 1. The third kappa shape index (κ3) is 2.95. The van der Waals surface area contributed by atoms with E-state index >= 15 is 0 Å². The van der Waals surface area contributed by atoms with Crippen LogP contribution < -0.4 is 5.32 Å². The van der Waals surface area contributed by atoms with Crippen LogP contribution in [0.15, 0.2) is 22.7 Å². The summed E-state index contributed by atoms with van der Waals surface area (Å²) in [5.74, 6) is 0.674. The first-order chi connectivity index (χ1) is 7.25. The highest BCUT2D eigenvalue weighted by molar-refractivity contribution is 9.10. The summed E-state index contributed by atoms with van der Waals surface area (Å²) in [6, 6.07) is 6.32. The van der Waals surface area contributed by atoms with E-state index in [1.54, 1.807) is 0 Å². The minimum atomic E-state index is 0.674. The molecular formula is C12H16BrNO. The van der Waals surface area contributed by atoms with E-state index in [1.807, 2.05) is 0 Å². The molecule has 0 spiro atoms. The van der Waals surface area contributed by atoms with Crippen LogP contribution in [-0.4, -0.2) is 19.8 Å². The van der Waals surface area contributed by atoms with E-state index in [9.17, 15) is 0 Å². The Bertz CT molecular complexity index is 334. The lowest BCUT2D eigenvalue weighted by Gasteiger charge is -2.13. The van der Waals surface area contributed by atoms with Gasteiger partial charge in [0.15, 0.2) is 0 Å². The van der Waals surface area contributed by atoms with Gasteiger partial charge in [-0.1, -0.05) is 15.9 Å². The molecule has 1 saturated heterocycles. The predicted octanol–water partition coefficient (Wildman–Crippen LogP) is 3.21. The lowest BCUT2D eigenvalue weighted by atomic mass is 10.1. The van der Waals surface area contributed by atoms with Crippen LogP contribution in [0.2, 0.25) is 0 Å². The van der Waals surface area contributed by atoms with E-state index in [1.165, 1.54) is 17.7 Å². The van der Waals surface area contributed by atoms with Crippen molar-refractivity contribution in [3.05, 3.63) is 28.2 Å². The Labute approximate surface area is 99.1 Å². The van der Waals surface area contributed by atoms with Crippen LogP contribution in [0.1, 0.15) is 12.0 Å². The molecule has 1 unspecified atom stereocenters. The summed E-state index contributed by atoms with van der Waals surface area (Å²) >= 11 is 3.47. The summed E-state index contributed by atoms with van der Waals surface area (Å²) < 4.78 is 6.48. The molecule has 1 aromatic rings. The van der Waals surface area contributed by atoms with Crippen LogP contribution in [0.25, 0.3) is 0 Å². The van der Waals surface area contributed by atoms with Gasteiger partial charge in [0.05, 0.1) is 6.61 Å². The summed E-state index contributed by atoms with van der Waals surface area (Å²) in [5.41, 5.74) is 2.51. The van der Waals surface area contributed by atoms with Crippen molar-refractivity contribution in [2.45, 2.75) is 13.3 Å². The molecular weight excluding hydrogens is 254 g/mol. The first-order valence-electron chi connectivity index (χ1n) is 5.33. The first kappa shape index (κ1) is 11.0. The molecule has 2 rings (SSSR count). The van der Waals surface area contributed by atoms with Crippen LogP contribution in [-0.2, 0) is 4.74 Å². The molecule has 0 saturated carbocycles. The van der Waals surface area contributed by atoms with Gasteiger partial charge in [-0.3, -0.25) is 0 Å². The number of benzene rings is 1. The van der Waals surface area contributed by atoms with Crippen molar-refractivity contribution in [3.63, 3.8) is 0 Å². The number of halogens is 1. The van der Waals surface area contributed by atoms with Gasteiger partial charge in [-0.2, -0.15) is 0 Å². The van der Waals surface area contributed by atoms with Crippen molar-refractivity contribution in [1.82, 2.24) is 0 Å². The van der Waals surface area contributed by atoms with Crippen molar-refractivity contribution in [3.8, 4) is 0 Å². The van der Waals surface area contributed by atoms with Gasteiger partial charge in [-0.05, 0) is 37.1 Å². The maximum Gasteiger partial charge on any atom is 0.0511 e. The third-order valence-electron chi connectivity index (χ3n) is 2.79. The molecule has 1 atom stereocenters. The fraction of sp³-hybridized carbons (Fsp3) is 0.500. The molecule has 0 aromatic heterocycles. The summed E-state index contributed by atoms with van der Waals surface area (Å²) in [6.07, 6.45) is 1.18. The van der Waals surface area contributed by atoms with Crippen molar-refractivity contribution in [2.75, 3.05) is 25.1 Å². The molecule has 1 aliphatic rings. The average Bonchev–Trinajstić information content (AvgIpc) is 2.69. The second-order valence-corrected chi connectivity index (χ2v) is 4.99. The molecule has 1 N–H and O–H groups in total. The fourth-order valence-corrected chi connectivity index (χ4v) is 2.30. The largest absolute Gasteiger partial charge is 0.384 e. The zero-order valence-corrected chi connectivity index (χ0v) is 10.5. The van der Waals surface area contributed by atoms with Crippen LogP contribution in [0, 0.1) is 12.8 Å². The van der Waals surface area contributed by atoms with Gasteiger partial charge >= 0.3 is 0 Å². The maximum atomic E-state index is 5.35. The van der Waals surface area contributed by atoms with Crippen LogP contribution in [0.3, 0.4) is 0 Å². The Hall–Kier alpha value is -0.540. The third-order valence-corrected chi connectivity index (χ3v) is 3.29. The first-order valence-corrected chi connectivity index (χ1v) is 6.13.